The fourth-order valence-corrected chi connectivity index (χ4v) is 3.13. The van der Waals surface area contributed by atoms with Crippen LogP contribution in [0.25, 0.3) is 0 Å². The molecule has 5 heteroatoms. The molecule has 2 fully saturated rings. The Hall–Kier alpha value is -1.10. The molecular weight excluding hydrogens is 222 g/mol. The van der Waals surface area contributed by atoms with Crippen LogP contribution in [0.15, 0.2) is 0 Å². The van der Waals surface area contributed by atoms with Crippen molar-refractivity contribution in [2.24, 2.45) is 23.5 Å². The number of carboxylic acids is 2. The van der Waals surface area contributed by atoms with E-state index in [1.54, 1.807) is 0 Å². The quantitative estimate of drug-likeness (QED) is 0.668. The molecule has 0 bridgehead atoms. The number of carboxylic acid groups (broad SMARTS) is 2. The maximum Gasteiger partial charge on any atom is 0.324 e. The Morgan fingerprint density at radius 2 is 1.82 bits per heavy atom. The van der Waals surface area contributed by atoms with Crippen LogP contribution < -0.4 is 5.73 Å². The molecule has 1 unspecified atom stereocenters. The van der Waals surface area contributed by atoms with Crippen molar-refractivity contribution < 1.29 is 19.8 Å². The van der Waals surface area contributed by atoms with Gasteiger partial charge in [-0.05, 0) is 18.8 Å². The first kappa shape index (κ1) is 12.4. The van der Waals surface area contributed by atoms with Crippen LogP contribution in [0, 0.1) is 17.8 Å². The monoisotopic (exact) mass is 241 g/mol. The summed E-state index contributed by atoms with van der Waals surface area (Å²) in [5.74, 6) is -2.56. The predicted molar refractivity (Wildman–Crippen MR) is 60.4 cm³/mol. The van der Waals surface area contributed by atoms with E-state index in [1.165, 1.54) is 0 Å². The molecule has 0 aliphatic heterocycles. The molecule has 0 aromatic rings. The molecule has 2 aliphatic carbocycles. The van der Waals surface area contributed by atoms with Crippen molar-refractivity contribution in [1.82, 2.24) is 0 Å². The van der Waals surface area contributed by atoms with Crippen molar-refractivity contribution in [2.75, 3.05) is 0 Å². The summed E-state index contributed by atoms with van der Waals surface area (Å²) < 4.78 is 0. The second-order valence-electron chi connectivity index (χ2n) is 5.49. The minimum atomic E-state index is -1.34. The third-order valence-corrected chi connectivity index (χ3v) is 4.27. The molecule has 0 aromatic carbocycles. The van der Waals surface area contributed by atoms with Crippen LogP contribution in [-0.4, -0.2) is 27.7 Å². The summed E-state index contributed by atoms with van der Waals surface area (Å²) in [6.07, 6.45) is 5.15. The Bertz CT molecular complexity index is 337. The maximum atomic E-state index is 11.3. The lowest BCUT2D eigenvalue weighted by atomic mass is 9.82. The van der Waals surface area contributed by atoms with E-state index in [1.807, 2.05) is 0 Å². The van der Waals surface area contributed by atoms with Crippen molar-refractivity contribution in [2.45, 2.75) is 44.1 Å². The number of aliphatic carboxylic acids is 2. The zero-order valence-corrected chi connectivity index (χ0v) is 9.76. The number of hydrogen-bond donors (Lipinski definition) is 3. The van der Waals surface area contributed by atoms with Gasteiger partial charge in [-0.3, -0.25) is 9.59 Å². The number of nitrogens with two attached hydrogens (primary N) is 1. The molecular formula is C12H19NO4. The van der Waals surface area contributed by atoms with Gasteiger partial charge in [0.2, 0.25) is 0 Å². The van der Waals surface area contributed by atoms with Gasteiger partial charge in [-0.15, -0.1) is 0 Å². The molecule has 2 rings (SSSR count). The first-order chi connectivity index (χ1) is 7.95. The highest BCUT2D eigenvalue weighted by Crippen LogP contribution is 2.49. The lowest BCUT2D eigenvalue weighted by Gasteiger charge is -2.28. The molecule has 0 spiro atoms. The van der Waals surface area contributed by atoms with Gasteiger partial charge in [0.25, 0.3) is 0 Å². The van der Waals surface area contributed by atoms with Gasteiger partial charge in [0.05, 0.1) is 5.92 Å². The van der Waals surface area contributed by atoms with Crippen LogP contribution in [0.3, 0.4) is 0 Å². The summed E-state index contributed by atoms with van der Waals surface area (Å²) in [5, 5.41) is 18.2. The summed E-state index contributed by atoms with van der Waals surface area (Å²) in [6, 6.07) is 0. The van der Waals surface area contributed by atoms with Crippen LogP contribution in [0.1, 0.15) is 38.5 Å². The van der Waals surface area contributed by atoms with Crippen molar-refractivity contribution in [3.8, 4) is 0 Å². The topological polar surface area (TPSA) is 101 Å². The van der Waals surface area contributed by atoms with E-state index >= 15 is 0 Å². The van der Waals surface area contributed by atoms with Gasteiger partial charge >= 0.3 is 11.9 Å². The third-order valence-electron chi connectivity index (χ3n) is 4.27. The first-order valence-corrected chi connectivity index (χ1v) is 6.20. The fourth-order valence-electron chi connectivity index (χ4n) is 3.13. The van der Waals surface area contributed by atoms with Crippen LogP contribution in [0.5, 0.6) is 0 Å². The summed E-state index contributed by atoms with van der Waals surface area (Å²) in [6.45, 7) is 0. The molecule has 2 aliphatic rings. The molecule has 0 aromatic heterocycles. The Morgan fingerprint density at radius 1 is 1.24 bits per heavy atom. The molecule has 0 amide bonds. The average Bonchev–Trinajstić information content (AvgIpc) is 2.92. The Labute approximate surface area is 100.0 Å². The summed E-state index contributed by atoms with van der Waals surface area (Å²) >= 11 is 0. The van der Waals surface area contributed by atoms with Crippen molar-refractivity contribution in [3.63, 3.8) is 0 Å². The summed E-state index contributed by atoms with van der Waals surface area (Å²) in [5.41, 5.74) is 4.66. The first-order valence-electron chi connectivity index (χ1n) is 6.20. The Balaban J connectivity index is 2.05. The molecule has 0 saturated heterocycles. The van der Waals surface area contributed by atoms with Gasteiger partial charge in [-0.25, -0.2) is 0 Å². The molecule has 4 N–H and O–H groups in total. The highest BCUT2D eigenvalue weighted by molar-refractivity contribution is 5.83. The van der Waals surface area contributed by atoms with E-state index < -0.39 is 29.3 Å². The fraction of sp³-hybridized carbons (Fsp3) is 0.833. The van der Waals surface area contributed by atoms with Crippen molar-refractivity contribution >= 4 is 11.9 Å². The van der Waals surface area contributed by atoms with E-state index in [-0.39, 0.29) is 0 Å². The highest BCUT2D eigenvalue weighted by Gasteiger charge is 2.58. The standard InChI is InChI=1S/C12H19NO4/c13-12(11(16)17,6-7-3-1-2-4-7)9-5-8(9)10(14)15/h7-9H,1-6,13H2,(H,14,15)(H,16,17)/t8-,9?,12+/m0/s1. The third kappa shape index (κ3) is 2.29. The normalized spacial score (nSPS) is 32.1. The van der Waals surface area contributed by atoms with Crippen LogP contribution in [0.2, 0.25) is 0 Å². The lowest BCUT2D eigenvalue weighted by molar-refractivity contribution is -0.146. The number of hydrogen-bond acceptors (Lipinski definition) is 3. The second kappa shape index (κ2) is 4.29. The SMILES string of the molecule is N[C@@](CC1CCCC1)(C(=O)O)C1C[C@@H]1C(=O)O. The Kier molecular flexibility index (Phi) is 3.12. The molecule has 96 valence electrons. The zero-order valence-electron chi connectivity index (χ0n) is 9.76. The van der Waals surface area contributed by atoms with Gasteiger partial charge in [0.1, 0.15) is 5.54 Å². The van der Waals surface area contributed by atoms with Gasteiger partial charge in [-0.2, -0.15) is 0 Å². The van der Waals surface area contributed by atoms with E-state index in [2.05, 4.69) is 0 Å². The minimum Gasteiger partial charge on any atom is -0.481 e. The van der Waals surface area contributed by atoms with Gasteiger partial charge < -0.3 is 15.9 Å². The second-order valence-corrected chi connectivity index (χ2v) is 5.49. The smallest absolute Gasteiger partial charge is 0.324 e. The van der Waals surface area contributed by atoms with E-state index in [4.69, 9.17) is 10.8 Å². The van der Waals surface area contributed by atoms with Gasteiger partial charge in [0, 0.05) is 5.92 Å². The van der Waals surface area contributed by atoms with Crippen LogP contribution in [-0.2, 0) is 9.59 Å². The number of carbonyl (C=O) groups is 2. The average molecular weight is 241 g/mol. The molecule has 17 heavy (non-hydrogen) atoms. The van der Waals surface area contributed by atoms with Crippen LogP contribution in [0.4, 0.5) is 0 Å². The predicted octanol–water partition coefficient (Wildman–Crippen LogP) is 1.07. The number of rotatable bonds is 5. The molecule has 5 nitrogen and oxygen atoms in total. The van der Waals surface area contributed by atoms with E-state index in [0.29, 0.717) is 18.8 Å². The maximum absolute atomic E-state index is 11.3. The highest BCUT2D eigenvalue weighted by atomic mass is 16.4. The molecule has 0 heterocycles. The van der Waals surface area contributed by atoms with Gasteiger partial charge in [-0.1, -0.05) is 25.7 Å². The lowest BCUT2D eigenvalue weighted by Crippen LogP contribution is -2.52. The van der Waals surface area contributed by atoms with Crippen molar-refractivity contribution in [1.29, 1.82) is 0 Å². The summed E-state index contributed by atoms with van der Waals surface area (Å²) in [7, 11) is 0. The summed E-state index contributed by atoms with van der Waals surface area (Å²) in [4.78, 5) is 22.2. The van der Waals surface area contributed by atoms with Gasteiger partial charge in [0.15, 0.2) is 0 Å². The molecule has 3 atom stereocenters. The molecule has 0 radical (unpaired) electrons. The van der Waals surface area contributed by atoms with Crippen LogP contribution >= 0.6 is 0 Å². The van der Waals surface area contributed by atoms with Crippen molar-refractivity contribution in [3.05, 3.63) is 0 Å². The Morgan fingerprint density at radius 3 is 2.24 bits per heavy atom. The minimum absolute atomic E-state index is 0.353. The molecule has 2 saturated carbocycles. The van der Waals surface area contributed by atoms with E-state index in [9.17, 15) is 14.7 Å². The zero-order chi connectivity index (χ0) is 12.6. The largest absolute Gasteiger partial charge is 0.481 e. The van der Waals surface area contributed by atoms with E-state index in [0.717, 1.165) is 25.7 Å².